The lowest BCUT2D eigenvalue weighted by molar-refractivity contribution is -0.143. The maximum atomic E-state index is 13.9. The molecule has 464 valence electrons. The van der Waals surface area contributed by atoms with Gasteiger partial charge in [0.1, 0.15) is 48.3 Å². The summed E-state index contributed by atoms with van der Waals surface area (Å²) >= 11 is 0. The number of hydrogen-bond donors (Lipinski definition) is 17. The highest BCUT2D eigenvalue weighted by Crippen LogP contribution is 2.12. The number of carboxylic acid groups (broad SMARTS) is 2. The van der Waals surface area contributed by atoms with E-state index in [0.29, 0.717) is 24.9 Å². The van der Waals surface area contributed by atoms with E-state index >= 15 is 0 Å². The van der Waals surface area contributed by atoms with Crippen molar-refractivity contribution < 1.29 is 82.4 Å². The van der Waals surface area contributed by atoms with Crippen LogP contribution in [0.3, 0.4) is 0 Å². The summed E-state index contributed by atoms with van der Waals surface area (Å²) in [5.41, 5.74) is 16.8. The number of carbonyl (C=O) groups excluding carboxylic acids is 12. The van der Waals surface area contributed by atoms with Crippen molar-refractivity contribution in [3.63, 3.8) is 0 Å². The predicted octanol–water partition coefficient (Wildman–Crippen LogP) is -5.89. The summed E-state index contributed by atoms with van der Waals surface area (Å²) in [7, 11) is 0. The fourth-order valence-corrected chi connectivity index (χ4v) is 7.61. The molecule has 12 amide bonds. The maximum absolute atomic E-state index is 13.9. The van der Waals surface area contributed by atoms with Crippen LogP contribution in [0.5, 0.6) is 0 Å². The van der Waals surface area contributed by atoms with Crippen molar-refractivity contribution in [1.82, 2.24) is 58.5 Å². The molecule has 0 heterocycles. The van der Waals surface area contributed by atoms with Crippen molar-refractivity contribution in [1.29, 1.82) is 0 Å². The summed E-state index contributed by atoms with van der Waals surface area (Å²) in [5, 5.41) is 55.8. The zero-order valence-electron chi connectivity index (χ0n) is 48.0. The monoisotopic (exact) mass is 1180 g/mol. The first-order chi connectivity index (χ1) is 38.8. The molecule has 0 aliphatic rings. The van der Waals surface area contributed by atoms with Crippen LogP contribution in [-0.2, 0) is 73.5 Å². The van der Waals surface area contributed by atoms with Crippen LogP contribution < -0.4 is 75.7 Å². The molecule has 1 aromatic rings. The fourth-order valence-electron chi connectivity index (χ4n) is 7.61. The second-order valence-electron chi connectivity index (χ2n) is 20.7. The quantitative estimate of drug-likeness (QED) is 0.0274. The van der Waals surface area contributed by atoms with Crippen molar-refractivity contribution in [2.24, 2.45) is 35.0 Å². The molecule has 31 nitrogen and oxygen atoms in total. The lowest BCUT2D eigenvalue weighted by Crippen LogP contribution is -2.62. The van der Waals surface area contributed by atoms with E-state index < -0.39 is 200 Å². The van der Waals surface area contributed by atoms with Crippen LogP contribution in [-0.4, -0.2) is 185 Å². The average molecular weight is 1180 g/mol. The number of primary amides is 1. The van der Waals surface area contributed by atoms with Gasteiger partial charge in [-0.15, -0.1) is 0 Å². The molecule has 0 spiro atoms. The third-order valence-electron chi connectivity index (χ3n) is 12.4. The molecule has 0 aliphatic carbocycles. The number of aliphatic carboxylic acids is 2. The van der Waals surface area contributed by atoms with Gasteiger partial charge in [-0.2, -0.15) is 0 Å². The smallest absolute Gasteiger partial charge is 0.326 e. The minimum absolute atomic E-state index is 0.0580. The Balaban J connectivity index is 3.01. The van der Waals surface area contributed by atoms with Gasteiger partial charge in [-0.1, -0.05) is 71.9 Å². The van der Waals surface area contributed by atoms with E-state index in [1.165, 1.54) is 20.8 Å². The van der Waals surface area contributed by atoms with Crippen LogP contribution in [0.2, 0.25) is 0 Å². The Kier molecular flexibility index (Phi) is 32.3. The van der Waals surface area contributed by atoms with Crippen LogP contribution in [0.1, 0.15) is 99.5 Å². The van der Waals surface area contributed by atoms with Gasteiger partial charge in [-0.3, -0.25) is 62.3 Å². The number of aliphatic hydroxyl groups is 1. The Labute approximate surface area is 480 Å². The van der Waals surface area contributed by atoms with Crippen molar-refractivity contribution >= 4 is 82.8 Å². The number of amides is 12. The van der Waals surface area contributed by atoms with Crippen molar-refractivity contribution in [3.05, 3.63) is 35.9 Å². The molecule has 0 aromatic heterocycles. The number of carbonyl (C=O) groups is 14. The van der Waals surface area contributed by atoms with Crippen molar-refractivity contribution in [3.8, 4) is 0 Å². The molecular formula is C52H84N14O17. The van der Waals surface area contributed by atoms with Gasteiger partial charge >= 0.3 is 11.9 Å². The van der Waals surface area contributed by atoms with Gasteiger partial charge in [-0.25, -0.2) is 4.79 Å². The van der Waals surface area contributed by atoms with Crippen molar-refractivity contribution in [2.75, 3.05) is 26.2 Å². The first-order valence-electron chi connectivity index (χ1n) is 26.9. The minimum Gasteiger partial charge on any atom is -0.481 e. The van der Waals surface area contributed by atoms with Crippen LogP contribution in [0.4, 0.5) is 0 Å². The molecule has 0 radical (unpaired) electrons. The summed E-state index contributed by atoms with van der Waals surface area (Å²) in [4.78, 5) is 180. The molecule has 0 saturated heterocycles. The summed E-state index contributed by atoms with van der Waals surface area (Å²) in [5.74, 6) is -15.5. The highest BCUT2D eigenvalue weighted by atomic mass is 16.4. The van der Waals surface area contributed by atoms with Gasteiger partial charge in [0.05, 0.1) is 38.2 Å². The summed E-state index contributed by atoms with van der Waals surface area (Å²) in [6.45, 7) is 9.96. The SMILES string of the molecule is CC(C)[C@H](NC(=O)[C@H](CCC(=O)O)NC(=O)[C@@H](NC(=O)CNC(=O)CNC(=O)CNC(=O)[C@H](Cc1ccccc1)NC(=O)[C@H](C)NC(=O)[C@@H](N)CC(N)=O)[C@@H](C)O)C(=O)N[C@H](C(=O)N[C@H](C(=O)N[C@@H](CCCCN)C(=O)O)C(C)C)C(C)C. The third-order valence-corrected chi connectivity index (χ3v) is 12.4. The maximum Gasteiger partial charge on any atom is 0.326 e. The van der Waals surface area contributed by atoms with E-state index in [2.05, 4.69) is 58.5 Å². The van der Waals surface area contributed by atoms with Gasteiger partial charge in [0.15, 0.2) is 0 Å². The lowest BCUT2D eigenvalue weighted by atomic mass is 9.97. The molecule has 1 rings (SSSR count). The second-order valence-corrected chi connectivity index (χ2v) is 20.7. The van der Waals surface area contributed by atoms with Gasteiger partial charge < -0.3 is 91.0 Å². The molecule has 0 fully saturated rings. The molecule has 0 unspecified atom stereocenters. The summed E-state index contributed by atoms with van der Waals surface area (Å²) in [6, 6.07) is -4.16. The molecule has 31 heteroatoms. The van der Waals surface area contributed by atoms with Crippen LogP contribution in [0.15, 0.2) is 30.3 Å². The number of nitrogens with one attached hydrogen (secondary N) is 11. The first-order valence-corrected chi connectivity index (χ1v) is 26.9. The zero-order chi connectivity index (χ0) is 63.3. The lowest BCUT2D eigenvalue weighted by Gasteiger charge is -2.30. The molecule has 0 saturated carbocycles. The van der Waals surface area contributed by atoms with E-state index in [-0.39, 0.29) is 12.8 Å². The summed E-state index contributed by atoms with van der Waals surface area (Å²) in [6.07, 6.45) is -2.42. The minimum atomic E-state index is -1.82. The summed E-state index contributed by atoms with van der Waals surface area (Å²) < 4.78 is 0. The van der Waals surface area contributed by atoms with E-state index in [4.69, 9.17) is 17.2 Å². The topological polar surface area (TPSA) is 510 Å². The van der Waals surface area contributed by atoms with Gasteiger partial charge in [0.2, 0.25) is 70.9 Å². The normalized spacial score (nSPS) is 14.7. The highest BCUT2D eigenvalue weighted by Gasteiger charge is 2.37. The third kappa shape index (κ3) is 27.8. The Bertz CT molecular complexity index is 2430. The van der Waals surface area contributed by atoms with Crippen LogP contribution in [0.25, 0.3) is 0 Å². The molecular weight excluding hydrogens is 1090 g/mol. The van der Waals surface area contributed by atoms with E-state index in [9.17, 15) is 82.4 Å². The second kappa shape index (κ2) is 36.9. The van der Waals surface area contributed by atoms with E-state index in [1.54, 1.807) is 58.0 Å². The van der Waals surface area contributed by atoms with Gasteiger partial charge in [-0.05, 0) is 69.4 Å². The molecule has 83 heavy (non-hydrogen) atoms. The number of nitrogens with two attached hydrogens (primary N) is 3. The Morgan fingerprint density at radius 3 is 1.41 bits per heavy atom. The standard InChI is InChI=1S/C52H84N14O17/c1-25(2)40(48(78)61-33(52(82)83)16-12-13-19-53)65-50(80)42(27(5)6)66-49(79)41(26(3)4)64-47(77)32(17-18-39(72)73)60-51(81)43(29(8)67)63-38(71)24-57-36(69)22-56-37(70)23-58-46(76)34(20-30-14-10-9-11-15-30)62-44(74)28(7)59-45(75)31(54)21-35(55)68/h9-11,14-15,25-29,31-34,40-43,67H,12-13,16-24,53-54H2,1-8H3,(H2,55,68)(H,56,70)(H,57,69)(H,58,76)(H,59,75)(H,60,81)(H,61,78)(H,62,74)(H,63,71)(H,64,77)(H,65,80)(H,66,79)(H,72,73)(H,82,83)/t28-,29+,31-,32-,33-,34-,40-,41-,42-,43-/m0/s1. The number of unbranched alkanes of at least 4 members (excludes halogenated alkanes) is 1. The average Bonchev–Trinajstić information content (AvgIpc) is 3.48. The fraction of sp³-hybridized carbons (Fsp3) is 0.615. The Morgan fingerprint density at radius 1 is 0.482 bits per heavy atom. The Hall–Kier alpha value is -8.32. The molecule has 0 bridgehead atoms. The Morgan fingerprint density at radius 2 is 0.940 bits per heavy atom. The van der Waals surface area contributed by atoms with Crippen molar-refractivity contribution in [2.45, 2.75) is 161 Å². The molecule has 20 N–H and O–H groups in total. The van der Waals surface area contributed by atoms with Crippen LogP contribution >= 0.6 is 0 Å². The van der Waals surface area contributed by atoms with Gasteiger partial charge in [0, 0.05) is 12.8 Å². The number of benzene rings is 1. The molecule has 10 atom stereocenters. The van der Waals surface area contributed by atoms with Gasteiger partial charge in [0.25, 0.3) is 0 Å². The van der Waals surface area contributed by atoms with Crippen LogP contribution in [0, 0.1) is 17.8 Å². The predicted molar refractivity (Wildman–Crippen MR) is 296 cm³/mol. The number of rotatable bonds is 38. The highest BCUT2D eigenvalue weighted by molar-refractivity contribution is 5.98. The molecule has 1 aromatic carbocycles. The molecule has 0 aliphatic heterocycles. The zero-order valence-corrected chi connectivity index (χ0v) is 48.0. The largest absolute Gasteiger partial charge is 0.481 e. The number of hydrogen-bond acceptors (Lipinski definition) is 17. The van der Waals surface area contributed by atoms with E-state index in [1.807, 2.05) is 0 Å². The van der Waals surface area contributed by atoms with E-state index in [0.717, 1.165) is 6.92 Å². The number of aliphatic hydroxyl groups excluding tert-OH is 1. The first kappa shape index (κ1) is 72.7. The number of carboxylic acids is 2.